The Morgan fingerprint density at radius 3 is 2.51 bits per heavy atom. The molecule has 3 heterocycles. The Balaban J connectivity index is 1.46. The van der Waals surface area contributed by atoms with Gasteiger partial charge in [0.1, 0.15) is 35.0 Å². The minimum Gasteiger partial charge on any atom is -0.480 e. The number of alkyl halides is 3. The number of imidazole rings is 1. The average Bonchev–Trinajstić information content (AvgIpc) is 3.74. The molecule has 0 aliphatic heterocycles. The van der Waals surface area contributed by atoms with Crippen LogP contribution in [0.4, 0.5) is 23.4 Å². The van der Waals surface area contributed by atoms with Gasteiger partial charge < -0.3 is 19.4 Å². The summed E-state index contributed by atoms with van der Waals surface area (Å²) < 4.78 is 66.6. The number of aromatic nitrogens is 6. The van der Waals surface area contributed by atoms with E-state index in [-0.39, 0.29) is 23.9 Å². The first-order valence-corrected chi connectivity index (χ1v) is 14.0. The lowest BCUT2D eigenvalue weighted by atomic mass is 10.1. The lowest BCUT2D eigenvalue weighted by Gasteiger charge is -2.18. The highest BCUT2D eigenvalue weighted by atomic mass is 19.4. The highest BCUT2D eigenvalue weighted by Gasteiger charge is 2.35. The summed E-state index contributed by atoms with van der Waals surface area (Å²) in [6.07, 6.45) is 3.80. The Morgan fingerprint density at radius 2 is 1.89 bits per heavy atom. The molecule has 10 nitrogen and oxygen atoms in total. The van der Waals surface area contributed by atoms with Crippen LogP contribution in [0.2, 0.25) is 0 Å². The Bertz CT molecular complexity index is 1760. The topological polar surface area (TPSA) is 117 Å². The molecule has 0 saturated heterocycles. The number of ether oxygens (including phenoxy) is 2. The van der Waals surface area contributed by atoms with E-state index in [4.69, 9.17) is 14.5 Å². The molecule has 1 aliphatic carbocycles. The summed E-state index contributed by atoms with van der Waals surface area (Å²) in [5, 5.41) is 3.16. The Hall–Kier alpha value is -4.88. The monoisotopic (exact) mass is 625 g/mol. The van der Waals surface area contributed by atoms with Crippen molar-refractivity contribution in [2.24, 2.45) is 7.05 Å². The fraction of sp³-hybridized carbons (Fsp3) is 0.355. The zero-order valence-corrected chi connectivity index (χ0v) is 25.2. The summed E-state index contributed by atoms with van der Waals surface area (Å²) in [6, 6.07) is 4.16. The molecule has 0 spiro atoms. The molecule has 5 rings (SSSR count). The molecular formula is C31H31F4N7O3. The molecule has 1 aromatic carbocycles. The molecule has 236 valence electrons. The van der Waals surface area contributed by atoms with Crippen LogP contribution >= 0.6 is 0 Å². The van der Waals surface area contributed by atoms with Crippen molar-refractivity contribution < 1.29 is 31.8 Å². The van der Waals surface area contributed by atoms with E-state index in [2.05, 4.69) is 25.3 Å². The van der Waals surface area contributed by atoms with Crippen LogP contribution in [-0.2, 0) is 29.3 Å². The van der Waals surface area contributed by atoms with Gasteiger partial charge in [0.2, 0.25) is 5.88 Å². The van der Waals surface area contributed by atoms with Gasteiger partial charge >= 0.3 is 12.1 Å². The number of halogens is 4. The number of anilines is 1. The maximum atomic E-state index is 15.2. The highest BCUT2D eigenvalue weighted by molar-refractivity contribution is 5.88. The van der Waals surface area contributed by atoms with Gasteiger partial charge in [0, 0.05) is 43.5 Å². The van der Waals surface area contributed by atoms with Crippen molar-refractivity contribution in [1.82, 2.24) is 29.5 Å². The fourth-order valence-corrected chi connectivity index (χ4v) is 4.57. The molecule has 0 atom stereocenters. The van der Waals surface area contributed by atoms with Crippen LogP contribution in [0.1, 0.15) is 62.0 Å². The third kappa shape index (κ3) is 7.44. The summed E-state index contributed by atoms with van der Waals surface area (Å²) in [5.41, 5.74) is 0.363. The summed E-state index contributed by atoms with van der Waals surface area (Å²) in [7, 11) is 2.86. The highest BCUT2D eigenvalue weighted by Crippen LogP contribution is 2.45. The Labute approximate surface area is 256 Å². The number of rotatable bonds is 9. The first-order chi connectivity index (χ1) is 21.2. The lowest BCUT2D eigenvalue weighted by Crippen LogP contribution is -2.22. The van der Waals surface area contributed by atoms with E-state index < -0.39 is 29.3 Å². The number of hydrogen-bond acceptors (Lipinski definition) is 9. The molecule has 1 saturated carbocycles. The van der Waals surface area contributed by atoms with Crippen molar-refractivity contribution in [2.45, 2.75) is 57.9 Å². The second-order valence-electron chi connectivity index (χ2n) is 11.5. The molecule has 14 heteroatoms. The van der Waals surface area contributed by atoms with Gasteiger partial charge in [0.25, 0.3) is 0 Å². The average molecular weight is 626 g/mol. The third-order valence-corrected chi connectivity index (χ3v) is 6.75. The second-order valence-corrected chi connectivity index (χ2v) is 11.5. The largest absolute Gasteiger partial charge is 0.480 e. The zero-order chi connectivity index (χ0) is 32.5. The number of esters is 1. The molecule has 1 fully saturated rings. The van der Waals surface area contributed by atoms with E-state index in [9.17, 15) is 18.0 Å². The van der Waals surface area contributed by atoms with Crippen molar-refractivity contribution in [3.8, 4) is 28.7 Å². The van der Waals surface area contributed by atoms with Gasteiger partial charge in [-0.05, 0) is 57.4 Å². The summed E-state index contributed by atoms with van der Waals surface area (Å²) >= 11 is 0. The number of carbonyl (C=O) groups is 1. The van der Waals surface area contributed by atoms with E-state index >= 15 is 4.39 Å². The van der Waals surface area contributed by atoms with Crippen LogP contribution < -0.4 is 10.1 Å². The van der Waals surface area contributed by atoms with Gasteiger partial charge in [-0.25, -0.2) is 34.1 Å². The number of carbonyl (C=O) groups excluding carboxylic acids is 1. The molecule has 0 amide bonds. The molecule has 1 N–H and O–H groups in total. The predicted octanol–water partition coefficient (Wildman–Crippen LogP) is 6.35. The molecule has 45 heavy (non-hydrogen) atoms. The van der Waals surface area contributed by atoms with E-state index in [0.29, 0.717) is 34.2 Å². The quantitative estimate of drug-likeness (QED) is 0.129. The number of hydrogen-bond donors (Lipinski definition) is 1. The summed E-state index contributed by atoms with van der Waals surface area (Å²) in [4.78, 5) is 33.9. The predicted molar refractivity (Wildman–Crippen MR) is 157 cm³/mol. The van der Waals surface area contributed by atoms with Crippen molar-refractivity contribution in [3.05, 3.63) is 71.3 Å². The van der Waals surface area contributed by atoms with Gasteiger partial charge in [-0.3, -0.25) is 0 Å². The van der Waals surface area contributed by atoms with Crippen LogP contribution in [0.3, 0.4) is 0 Å². The van der Waals surface area contributed by atoms with Crippen LogP contribution in [0.25, 0.3) is 28.9 Å². The van der Waals surface area contributed by atoms with Crippen LogP contribution in [-0.4, -0.2) is 48.2 Å². The smallest absolute Gasteiger partial charge is 0.434 e. The van der Waals surface area contributed by atoms with E-state index in [0.717, 1.165) is 29.3 Å². The van der Waals surface area contributed by atoms with E-state index in [1.54, 1.807) is 26.8 Å². The van der Waals surface area contributed by atoms with Gasteiger partial charge in [0.15, 0.2) is 11.5 Å². The Kier molecular flexibility index (Phi) is 8.59. The van der Waals surface area contributed by atoms with Crippen molar-refractivity contribution in [1.29, 1.82) is 0 Å². The number of aryl methyl sites for hydroxylation is 1. The fourth-order valence-electron chi connectivity index (χ4n) is 4.57. The maximum absolute atomic E-state index is 15.2. The van der Waals surface area contributed by atoms with Crippen LogP contribution in [0.5, 0.6) is 5.88 Å². The second kappa shape index (κ2) is 12.3. The molecule has 0 unspecified atom stereocenters. The molecule has 0 bridgehead atoms. The minimum absolute atomic E-state index is 0.0766. The van der Waals surface area contributed by atoms with Crippen LogP contribution in [0, 0.1) is 5.82 Å². The minimum atomic E-state index is -4.66. The SMILES string of the molecule is COc1ncnc(C2CC2)c1-c1ncc(/C=C/C(=O)OC(C)(C)C)c(NCc2ccc(-c3nc(C(F)(F)F)cn3C)c(F)c2)n1. The Morgan fingerprint density at radius 1 is 1.13 bits per heavy atom. The third-order valence-electron chi connectivity index (χ3n) is 6.75. The maximum Gasteiger partial charge on any atom is 0.434 e. The van der Waals surface area contributed by atoms with Gasteiger partial charge in [-0.2, -0.15) is 13.2 Å². The number of methoxy groups -OCH3 is 1. The van der Waals surface area contributed by atoms with Crippen molar-refractivity contribution in [2.75, 3.05) is 12.4 Å². The molecule has 4 aromatic rings. The summed E-state index contributed by atoms with van der Waals surface area (Å²) in [5.74, 6) is -0.303. The number of benzene rings is 1. The molecule has 3 aromatic heterocycles. The lowest BCUT2D eigenvalue weighted by molar-refractivity contribution is -0.148. The van der Waals surface area contributed by atoms with Crippen molar-refractivity contribution >= 4 is 17.9 Å². The van der Waals surface area contributed by atoms with Gasteiger partial charge in [-0.15, -0.1) is 0 Å². The van der Waals surface area contributed by atoms with Gasteiger partial charge in [0.05, 0.1) is 18.4 Å². The van der Waals surface area contributed by atoms with Crippen molar-refractivity contribution in [3.63, 3.8) is 0 Å². The van der Waals surface area contributed by atoms with E-state index in [1.165, 1.54) is 51.0 Å². The summed E-state index contributed by atoms with van der Waals surface area (Å²) in [6.45, 7) is 5.34. The standard InChI is InChI=1S/C31H31F4N7O3/c1-30(2,3)45-23(43)11-9-19-14-37-27(24-25(18-7-8-18)38-16-39-29(24)44-5)41-26(19)36-13-17-6-10-20(21(32)12-17)28-40-22(15-42(28)4)31(33,34)35/h6,9-12,14-16,18H,7-8,13H2,1-5H3,(H,36,37,41)/b11-9+. The normalized spacial score (nSPS) is 13.7. The first-order valence-electron chi connectivity index (χ1n) is 14.0. The zero-order valence-electron chi connectivity index (χ0n) is 25.2. The first kappa shape index (κ1) is 31.5. The molecular weight excluding hydrogens is 594 g/mol. The molecule has 0 radical (unpaired) electrons. The van der Waals surface area contributed by atoms with Gasteiger partial charge in [-0.1, -0.05) is 6.07 Å². The number of nitrogens with zero attached hydrogens (tertiary/aromatic N) is 6. The van der Waals surface area contributed by atoms with E-state index in [1.807, 2.05) is 0 Å². The van der Waals surface area contributed by atoms with Crippen LogP contribution in [0.15, 0.2) is 43.0 Å². The molecule has 1 aliphatic rings. The number of nitrogens with one attached hydrogen (secondary N) is 1.